The average molecular weight is 731 g/mol. The van der Waals surface area contributed by atoms with Gasteiger partial charge in [0.1, 0.15) is 17.8 Å². The Labute approximate surface area is 311 Å². The Morgan fingerprint density at radius 3 is 1.93 bits per heavy atom. The summed E-state index contributed by atoms with van der Waals surface area (Å²) in [5, 5.41) is 2.86. The number of nitrogens with one attached hydrogen (secondary N) is 1. The number of rotatable bonds is 24. The minimum Gasteiger partial charge on any atom is -0.465 e. The normalized spacial score (nSPS) is 18.0. The van der Waals surface area contributed by atoms with Crippen molar-refractivity contribution in [1.29, 1.82) is 0 Å². The Morgan fingerprint density at radius 2 is 1.46 bits per heavy atom. The summed E-state index contributed by atoms with van der Waals surface area (Å²) >= 11 is 0. The Kier molecular flexibility index (Phi) is 33.7. The van der Waals surface area contributed by atoms with Crippen LogP contribution in [0.4, 0.5) is 0 Å². The van der Waals surface area contributed by atoms with E-state index in [4.69, 9.17) is 14.2 Å². The van der Waals surface area contributed by atoms with Gasteiger partial charge in [0.25, 0.3) is 11.9 Å². The summed E-state index contributed by atoms with van der Waals surface area (Å²) in [6, 6.07) is 0. The molecule has 0 bridgehead atoms. The number of ether oxygens (including phenoxy) is 3. The molecule has 1 amide bonds. The molecule has 0 aromatic carbocycles. The number of hydrogen-bond acceptors (Lipinski definition) is 6. The van der Waals surface area contributed by atoms with E-state index in [0.29, 0.717) is 44.3 Å². The van der Waals surface area contributed by atoms with Crippen LogP contribution in [0.25, 0.3) is 0 Å². The van der Waals surface area contributed by atoms with Crippen LogP contribution in [0.15, 0.2) is 0 Å². The van der Waals surface area contributed by atoms with Crippen molar-refractivity contribution in [3.8, 4) is 0 Å². The molecule has 1 N–H and O–H groups in total. The van der Waals surface area contributed by atoms with Gasteiger partial charge >= 0.3 is 0 Å². The summed E-state index contributed by atoms with van der Waals surface area (Å²) in [4.78, 5) is 38.2. The molecular weight excluding hydrogens is 655 g/mol. The quantitative estimate of drug-likeness (QED) is 0.0605. The monoisotopic (exact) mass is 730 g/mol. The fourth-order valence-corrected chi connectivity index (χ4v) is 4.94. The first-order valence-corrected chi connectivity index (χ1v) is 18.0. The fourth-order valence-electron chi connectivity index (χ4n) is 4.94. The van der Waals surface area contributed by atoms with E-state index in [1.165, 1.54) is 12.8 Å². The molecular formula is C38H75NO6Y-2. The van der Waals surface area contributed by atoms with Crippen LogP contribution in [-0.4, -0.2) is 55.2 Å². The van der Waals surface area contributed by atoms with Crippen LogP contribution in [0.1, 0.15) is 160 Å². The van der Waals surface area contributed by atoms with Crippen LogP contribution in [0.3, 0.4) is 0 Å². The zero-order chi connectivity index (χ0) is 34.2. The predicted molar refractivity (Wildman–Crippen MR) is 190 cm³/mol. The molecule has 0 spiro atoms. The van der Waals surface area contributed by atoms with Crippen LogP contribution >= 0.6 is 0 Å². The molecule has 1 aliphatic carbocycles. The standard InChI is InChI=1S/C33H60NO6.2C2H6.CH3.Y/c1-9-13-17-27(10-2)25-40-31(7,11-3)28(35)18-15-14-16-22-39-32(8,12-4)29(36)34-21-23-38-30(37)33(19-20-33)24-26(5)6;2*1-2;;/h19,26-27H,9-18,20-25H2,1-8H3,(H,34,36);2*1-2H3;1H3;/q-1;;;-1;. The summed E-state index contributed by atoms with van der Waals surface area (Å²) in [5.41, 5.74) is -2.07. The maximum absolute atomic E-state index is 13.0. The second kappa shape index (κ2) is 29.5. The number of esters is 1. The first-order valence-electron chi connectivity index (χ1n) is 18.0. The van der Waals surface area contributed by atoms with E-state index in [0.717, 1.165) is 44.9 Å². The van der Waals surface area contributed by atoms with Gasteiger partial charge in [-0.1, -0.05) is 107 Å². The van der Waals surface area contributed by atoms with Crippen molar-refractivity contribution in [2.45, 2.75) is 171 Å². The van der Waals surface area contributed by atoms with E-state index >= 15 is 0 Å². The summed E-state index contributed by atoms with van der Waals surface area (Å²) in [5.74, 6) is 0.731. The molecule has 1 rings (SSSR count). The van der Waals surface area contributed by atoms with Gasteiger partial charge in [-0.05, 0) is 57.8 Å². The number of carbonyl (C=O) groups is 3. The van der Waals surface area contributed by atoms with Gasteiger partial charge in [0, 0.05) is 45.7 Å². The number of ketones is 1. The first kappa shape index (κ1) is 52.4. The molecule has 0 aromatic rings. The largest absolute Gasteiger partial charge is 0.465 e. The molecule has 0 saturated heterocycles. The van der Waals surface area contributed by atoms with Gasteiger partial charge in [-0.2, -0.15) is 6.42 Å². The maximum Gasteiger partial charge on any atom is 0.279 e. The Hall–Kier alpha value is -0.366. The molecule has 4 unspecified atom stereocenters. The number of unbranched alkanes of at least 4 members (excludes halogenated alkanes) is 3. The number of amides is 1. The van der Waals surface area contributed by atoms with Crippen molar-refractivity contribution in [3.05, 3.63) is 13.8 Å². The number of carbonyl (C=O) groups excluding carboxylic acids is 3. The van der Waals surface area contributed by atoms with Gasteiger partial charge in [-0.15, -0.1) is 0 Å². The maximum atomic E-state index is 13.0. The van der Waals surface area contributed by atoms with Crippen molar-refractivity contribution in [1.82, 2.24) is 5.32 Å². The molecule has 273 valence electrons. The van der Waals surface area contributed by atoms with Crippen molar-refractivity contribution >= 4 is 17.7 Å². The second-order valence-electron chi connectivity index (χ2n) is 12.5. The minimum absolute atomic E-state index is 0. The van der Waals surface area contributed by atoms with Crippen molar-refractivity contribution < 1.29 is 61.3 Å². The zero-order valence-electron chi connectivity index (χ0n) is 32.6. The minimum atomic E-state index is -0.939. The smallest absolute Gasteiger partial charge is 0.279 e. The van der Waals surface area contributed by atoms with Gasteiger partial charge in [0.05, 0.1) is 13.2 Å². The third-order valence-electron chi connectivity index (χ3n) is 8.57. The van der Waals surface area contributed by atoms with E-state index in [1.807, 2.05) is 54.9 Å². The Balaban J connectivity index is -0.00000141. The molecule has 4 atom stereocenters. The van der Waals surface area contributed by atoms with Gasteiger partial charge in [-0.25, -0.2) is 0 Å². The molecule has 7 nitrogen and oxygen atoms in total. The van der Waals surface area contributed by atoms with E-state index in [1.54, 1.807) is 6.92 Å². The average Bonchev–Trinajstić information content (AvgIpc) is 3.82. The Bertz CT molecular complexity index is 772. The topological polar surface area (TPSA) is 90.9 Å². The summed E-state index contributed by atoms with van der Waals surface area (Å²) in [6.07, 6.45) is 12.3. The van der Waals surface area contributed by atoms with E-state index in [2.05, 4.69) is 33.0 Å². The molecule has 46 heavy (non-hydrogen) atoms. The summed E-state index contributed by atoms with van der Waals surface area (Å²) in [7, 11) is 0. The molecule has 0 heterocycles. The van der Waals surface area contributed by atoms with Crippen molar-refractivity contribution in [2.24, 2.45) is 17.3 Å². The fraction of sp³-hybridized carbons (Fsp3) is 0.868. The van der Waals surface area contributed by atoms with Crippen LogP contribution in [0.2, 0.25) is 0 Å². The molecule has 1 saturated carbocycles. The third-order valence-corrected chi connectivity index (χ3v) is 8.57. The van der Waals surface area contributed by atoms with Gasteiger partial charge in [-0.3, -0.25) is 14.4 Å². The van der Waals surface area contributed by atoms with Crippen molar-refractivity contribution in [3.63, 3.8) is 0 Å². The molecule has 1 fully saturated rings. The molecule has 0 aliphatic heterocycles. The van der Waals surface area contributed by atoms with Gasteiger partial charge in [0.15, 0.2) is 5.78 Å². The molecule has 8 heteroatoms. The van der Waals surface area contributed by atoms with Gasteiger partial charge < -0.3 is 33.4 Å². The molecule has 1 radical (unpaired) electrons. The number of Topliss-reactive ketones (excluding diaryl/α,β-unsaturated/α-hetero) is 1. The Morgan fingerprint density at radius 1 is 0.870 bits per heavy atom. The zero-order valence-corrected chi connectivity index (χ0v) is 35.4. The number of hydrogen-bond donors (Lipinski definition) is 1. The third kappa shape index (κ3) is 20.2. The predicted octanol–water partition coefficient (Wildman–Crippen LogP) is 9.50. The van der Waals surface area contributed by atoms with Crippen molar-refractivity contribution in [2.75, 3.05) is 26.4 Å². The van der Waals surface area contributed by atoms with Crippen LogP contribution < -0.4 is 5.32 Å². The van der Waals surface area contributed by atoms with Crippen LogP contribution in [0.5, 0.6) is 0 Å². The first-order chi connectivity index (χ1) is 20.9. The second-order valence-corrected chi connectivity index (χ2v) is 12.5. The SMILES string of the molecule is CC.CC.CCCCC(CC)COC(C)(CC)C(=O)CCCCCOC(C)(CC)C(=O)NCCOC(=O)C1(CC(C)C)[CH-]C1.[CH3-].[Y]. The summed E-state index contributed by atoms with van der Waals surface area (Å²) in [6.45, 7) is 25.8. The molecule has 0 aromatic heterocycles. The van der Waals surface area contributed by atoms with E-state index < -0.39 is 16.6 Å². The summed E-state index contributed by atoms with van der Waals surface area (Å²) < 4.78 is 17.6. The van der Waals surface area contributed by atoms with Crippen LogP contribution in [-0.2, 0) is 61.3 Å². The van der Waals surface area contributed by atoms with E-state index in [-0.39, 0.29) is 70.9 Å². The van der Waals surface area contributed by atoms with E-state index in [9.17, 15) is 14.4 Å². The van der Waals surface area contributed by atoms with Crippen LogP contribution in [0, 0.1) is 31.1 Å². The molecule has 1 aliphatic rings. The van der Waals surface area contributed by atoms with Gasteiger partial charge in [0.2, 0.25) is 0 Å².